The Morgan fingerprint density at radius 1 is 1.00 bits per heavy atom. The lowest BCUT2D eigenvalue weighted by Crippen LogP contribution is -2.66. The van der Waals surface area contributed by atoms with Gasteiger partial charge < -0.3 is 20.4 Å². The quantitative estimate of drug-likeness (QED) is 0.480. The molecule has 5 fully saturated rings. The lowest BCUT2D eigenvalue weighted by molar-refractivity contribution is -0.242. The first kappa shape index (κ1) is 19.4. The molecule has 0 bridgehead atoms. The van der Waals surface area contributed by atoms with Crippen LogP contribution in [0, 0.1) is 58.2 Å². The van der Waals surface area contributed by atoms with Crippen molar-refractivity contribution in [2.75, 3.05) is 6.61 Å². The summed E-state index contributed by atoms with van der Waals surface area (Å²) in [7, 11) is 0. The molecule has 0 heterocycles. The molecule has 5 aliphatic rings. The van der Waals surface area contributed by atoms with E-state index in [0.717, 1.165) is 38.5 Å². The average Bonchev–Trinajstić information content (AvgIpc) is 3.39. The van der Waals surface area contributed by atoms with E-state index in [9.17, 15) is 20.4 Å². The molecule has 5 saturated carbocycles. The Morgan fingerprint density at radius 2 is 1.71 bits per heavy atom. The first-order chi connectivity index (χ1) is 13.1. The topological polar surface area (TPSA) is 80.9 Å². The van der Waals surface area contributed by atoms with E-state index in [1.807, 2.05) is 0 Å². The summed E-state index contributed by atoms with van der Waals surface area (Å²) in [5.41, 5.74) is -2.12. The van der Waals surface area contributed by atoms with E-state index in [-0.39, 0.29) is 29.5 Å². The number of rotatable bonds is 0. The highest BCUT2D eigenvalue weighted by molar-refractivity contribution is 5.35. The summed E-state index contributed by atoms with van der Waals surface area (Å²) in [6.07, 6.45) is 5.56. The molecule has 0 aliphatic heterocycles. The van der Waals surface area contributed by atoms with Crippen LogP contribution in [-0.2, 0) is 0 Å². The maximum Gasteiger partial charge on any atom is 0.134 e. The van der Waals surface area contributed by atoms with Gasteiger partial charge in [-0.15, -0.1) is 0 Å². The van der Waals surface area contributed by atoms with Gasteiger partial charge in [0.15, 0.2) is 0 Å². The summed E-state index contributed by atoms with van der Waals surface area (Å²) in [5, 5.41) is 42.9. The first-order valence-corrected chi connectivity index (χ1v) is 11.3. The van der Waals surface area contributed by atoms with E-state index in [1.54, 1.807) is 0 Å². The summed E-state index contributed by atoms with van der Waals surface area (Å²) in [6.45, 7) is 6.61. The SMILES string of the molecule is C[C@@H]1C[C@]2(O)C[C@@H](O)CC[C@]2(C)C2CC[C@@]3(C)C(C21)[C@@H]1C[C@@H]1[C@@]3(O)C#CCO. The van der Waals surface area contributed by atoms with Crippen molar-refractivity contribution in [3.63, 3.8) is 0 Å². The van der Waals surface area contributed by atoms with E-state index < -0.39 is 11.2 Å². The molecule has 3 unspecified atom stereocenters. The molecule has 0 spiro atoms. The van der Waals surface area contributed by atoms with Gasteiger partial charge in [0.1, 0.15) is 12.2 Å². The Balaban J connectivity index is 1.55. The van der Waals surface area contributed by atoms with E-state index in [1.165, 1.54) is 0 Å². The minimum absolute atomic E-state index is 0.146. The van der Waals surface area contributed by atoms with Crippen LogP contribution in [0.5, 0.6) is 0 Å². The van der Waals surface area contributed by atoms with Crippen LogP contribution in [-0.4, -0.2) is 44.3 Å². The van der Waals surface area contributed by atoms with E-state index >= 15 is 0 Å². The normalized spacial score (nSPS) is 61.9. The van der Waals surface area contributed by atoms with Gasteiger partial charge in [0, 0.05) is 17.8 Å². The van der Waals surface area contributed by atoms with Crippen molar-refractivity contribution in [1.82, 2.24) is 0 Å². The third kappa shape index (κ3) is 2.12. The van der Waals surface area contributed by atoms with Gasteiger partial charge in [0.25, 0.3) is 0 Å². The fourth-order valence-electron chi connectivity index (χ4n) is 9.05. The summed E-state index contributed by atoms with van der Waals surface area (Å²) >= 11 is 0. The van der Waals surface area contributed by atoms with E-state index in [2.05, 4.69) is 32.6 Å². The van der Waals surface area contributed by atoms with Crippen molar-refractivity contribution in [3.05, 3.63) is 0 Å². The highest BCUT2D eigenvalue weighted by atomic mass is 16.3. The summed E-state index contributed by atoms with van der Waals surface area (Å²) in [5.74, 6) is 8.43. The number of hydrogen-bond donors (Lipinski definition) is 4. The monoisotopic (exact) mass is 388 g/mol. The lowest BCUT2D eigenvalue weighted by atomic mass is 9.40. The van der Waals surface area contributed by atoms with Crippen LogP contribution in [0.4, 0.5) is 0 Å². The van der Waals surface area contributed by atoms with Crippen LogP contribution in [0.1, 0.15) is 65.7 Å². The van der Waals surface area contributed by atoms with Crippen molar-refractivity contribution >= 4 is 0 Å². The number of hydrogen-bond acceptors (Lipinski definition) is 4. The third-order valence-corrected chi connectivity index (χ3v) is 10.4. The van der Waals surface area contributed by atoms with Gasteiger partial charge in [-0.05, 0) is 73.5 Å². The van der Waals surface area contributed by atoms with Crippen LogP contribution < -0.4 is 0 Å². The van der Waals surface area contributed by atoms with Crippen LogP contribution in [0.3, 0.4) is 0 Å². The summed E-state index contributed by atoms with van der Waals surface area (Å²) in [4.78, 5) is 0. The molecule has 5 aliphatic carbocycles. The van der Waals surface area contributed by atoms with Crippen molar-refractivity contribution in [2.45, 2.75) is 83.0 Å². The standard InChI is InChI=1S/C24H36O4/c1-14-12-23(27)13-15(26)5-8-21(23,2)17-6-9-22(3)20(19(14)17)16-11-18(16)24(22,28)7-4-10-25/h14-20,25-28H,5-6,8-13H2,1-3H3/t14-,15+,16-,17?,18+,19?,20?,21-,22+,23+,24+/m1/s1. The molecular formula is C24H36O4. The van der Waals surface area contributed by atoms with Crippen LogP contribution in [0.25, 0.3) is 0 Å². The summed E-state index contributed by atoms with van der Waals surface area (Å²) in [6, 6.07) is 0. The zero-order valence-corrected chi connectivity index (χ0v) is 17.5. The van der Waals surface area contributed by atoms with Crippen LogP contribution in [0.15, 0.2) is 0 Å². The molecule has 0 radical (unpaired) electrons. The van der Waals surface area contributed by atoms with Crippen molar-refractivity contribution in [3.8, 4) is 11.8 Å². The number of fused-ring (bicyclic) bond motifs is 7. The van der Waals surface area contributed by atoms with Gasteiger partial charge >= 0.3 is 0 Å². The lowest BCUT2D eigenvalue weighted by Gasteiger charge is -2.66. The van der Waals surface area contributed by atoms with Gasteiger partial charge in [0.2, 0.25) is 0 Å². The average molecular weight is 389 g/mol. The van der Waals surface area contributed by atoms with Gasteiger partial charge in [0.05, 0.1) is 11.7 Å². The number of aliphatic hydroxyl groups excluding tert-OH is 2. The molecule has 0 aromatic rings. The van der Waals surface area contributed by atoms with Gasteiger partial charge in [-0.3, -0.25) is 0 Å². The maximum absolute atomic E-state index is 11.7. The Labute approximate surface area is 168 Å². The van der Waals surface area contributed by atoms with Crippen molar-refractivity contribution in [2.24, 2.45) is 46.3 Å². The highest BCUT2D eigenvalue weighted by Crippen LogP contribution is 2.77. The molecule has 156 valence electrons. The van der Waals surface area contributed by atoms with Gasteiger partial charge in [-0.25, -0.2) is 0 Å². The van der Waals surface area contributed by atoms with E-state index in [0.29, 0.717) is 36.0 Å². The Hall–Kier alpha value is -0.600. The Kier molecular flexibility index (Phi) is 3.98. The number of aliphatic hydroxyl groups is 4. The van der Waals surface area contributed by atoms with Gasteiger partial charge in [-0.2, -0.15) is 0 Å². The van der Waals surface area contributed by atoms with Crippen molar-refractivity contribution < 1.29 is 20.4 Å². The fraction of sp³-hybridized carbons (Fsp3) is 0.917. The van der Waals surface area contributed by atoms with Crippen LogP contribution >= 0.6 is 0 Å². The molecule has 0 amide bonds. The highest BCUT2D eigenvalue weighted by Gasteiger charge is 2.77. The second-order valence-electron chi connectivity index (χ2n) is 11.4. The fourth-order valence-corrected chi connectivity index (χ4v) is 9.05. The summed E-state index contributed by atoms with van der Waals surface area (Å²) < 4.78 is 0. The molecule has 11 atom stereocenters. The molecule has 4 heteroatoms. The minimum atomic E-state index is -0.979. The molecular weight excluding hydrogens is 352 g/mol. The zero-order chi connectivity index (χ0) is 20.1. The smallest absolute Gasteiger partial charge is 0.134 e. The first-order valence-electron chi connectivity index (χ1n) is 11.3. The zero-order valence-electron chi connectivity index (χ0n) is 17.5. The molecule has 0 saturated heterocycles. The largest absolute Gasteiger partial charge is 0.393 e. The Morgan fingerprint density at radius 3 is 2.43 bits per heavy atom. The molecule has 5 rings (SSSR count). The second kappa shape index (κ2) is 5.76. The van der Waals surface area contributed by atoms with E-state index in [4.69, 9.17) is 0 Å². The molecule has 28 heavy (non-hydrogen) atoms. The minimum Gasteiger partial charge on any atom is -0.393 e. The molecule has 4 N–H and O–H groups in total. The van der Waals surface area contributed by atoms with Gasteiger partial charge in [-0.1, -0.05) is 32.6 Å². The predicted octanol–water partition coefficient (Wildman–Crippen LogP) is 2.33. The molecule has 4 nitrogen and oxygen atoms in total. The van der Waals surface area contributed by atoms with Crippen LogP contribution in [0.2, 0.25) is 0 Å². The predicted molar refractivity (Wildman–Crippen MR) is 106 cm³/mol. The molecule has 0 aromatic carbocycles. The third-order valence-electron chi connectivity index (χ3n) is 10.4. The molecule has 0 aromatic heterocycles. The van der Waals surface area contributed by atoms with Crippen molar-refractivity contribution in [1.29, 1.82) is 0 Å². The Bertz CT molecular complexity index is 741. The second-order valence-corrected chi connectivity index (χ2v) is 11.4. The maximum atomic E-state index is 11.7.